The molecule has 0 unspecified atom stereocenters. The summed E-state index contributed by atoms with van der Waals surface area (Å²) in [6.07, 6.45) is 0. The lowest BCUT2D eigenvalue weighted by atomic mass is 10.2. The largest absolute Gasteiger partial charge is 0.364 e. The molecule has 0 saturated carbocycles. The molecule has 1 aromatic rings. The second kappa shape index (κ2) is 4.80. The van der Waals surface area contributed by atoms with Gasteiger partial charge in [0.25, 0.3) is 0 Å². The van der Waals surface area contributed by atoms with E-state index in [2.05, 4.69) is 30.9 Å². The highest BCUT2D eigenvalue weighted by molar-refractivity contribution is 5.81. The third kappa shape index (κ3) is 2.87. The molecule has 0 amide bonds. The van der Waals surface area contributed by atoms with Crippen molar-refractivity contribution < 1.29 is 4.79 Å². The van der Waals surface area contributed by atoms with E-state index in [0.29, 0.717) is 6.54 Å². The average Bonchev–Trinajstić information content (AvgIpc) is 2.14. The fourth-order valence-corrected chi connectivity index (χ4v) is 1.48. The first kappa shape index (κ1) is 10.8. The van der Waals surface area contributed by atoms with E-state index in [0.717, 1.165) is 12.2 Å². The first-order valence-corrected chi connectivity index (χ1v) is 4.94. The summed E-state index contributed by atoms with van der Waals surface area (Å²) in [5, 5.41) is 0. The van der Waals surface area contributed by atoms with E-state index in [4.69, 9.17) is 0 Å². The van der Waals surface area contributed by atoms with Crippen LogP contribution in [0.4, 0.5) is 5.69 Å². The molecule has 2 nitrogen and oxygen atoms in total. The van der Waals surface area contributed by atoms with Gasteiger partial charge in [-0.2, -0.15) is 0 Å². The van der Waals surface area contributed by atoms with Crippen molar-refractivity contribution >= 4 is 11.5 Å². The lowest BCUT2D eigenvalue weighted by Crippen LogP contribution is -2.28. The Labute approximate surface area is 85.5 Å². The predicted molar refractivity (Wildman–Crippen MR) is 59.7 cm³/mol. The standard InChI is InChI=1S/C12H17NO/c1-4-13(9-11(3)14)12-7-5-6-10(2)8-12/h5-8H,4,9H2,1-3H3. The highest BCUT2D eigenvalue weighted by Crippen LogP contribution is 2.15. The second-order valence-electron chi connectivity index (χ2n) is 3.56. The first-order chi connectivity index (χ1) is 6.63. The SMILES string of the molecule is CCN(CC(C)=O)c1cccc(C)c1. The second-order valence-corrected chi connectivity index (χ2v) is 3.56. The van der Waals surface area contributed by atoms with Crippen molar-refractivity contribution in [2.75, 3.05) is 18.0 Å². The third-order valence-electron chi connectivity index (χ3n) is 2.16. The summed E-state index contributed by atoms with van der Waals surface area (Å²) < 4.78 is 0. The minimum Gasteiger partial charge on any atom is -0.364 e. The molecule has 0 heterocycles. The molecule has 0 saturated heterocycles. The summed E-state index contributed by atoms with van der Waals surface area (Å²) >= 11 is 0. The number of hydrogen-bond donors (Lipinski definition) is 0. The number of likely N-dealkylation sites (N-methyl/N-ethyl adjacent to an activating group) is 1. The molecule has 0 N–H and O–H groups in total. The zero-order valence-electron chi connectivity index (χ0n) is 9.08. The molecular weight excluding hydrogens is 174 g/mol. The topological polar surface area (TPSA) is 20.3 Å². The Morgan fingerprint density at radius 1 is 1.43 bits per heavy atom. The maximum atomic E-state index is 11.0. The maximum absolute atomic E-state index is 11.0. The molecule has 0 spiro atoms. The Morgan fingerprint density at radius 3 is 2.64 bits per heavy atom. The number of aryl methyl sites for hydroxylation is 1. The normalized spacial score (nSPS) is 9.93. The Morgan fingerprint density at radius 2 is 2.14 bits per heavy atom. The van der Waals surface area contributed by atoms with E-state index < -0.39 is 0 Å². The van der Waals surface area contributed by atoms with Crippen molar-refractivity contribution in [2.45, 2.75) is 20.8 Å². The lowest BCUT2D eigenvalue weighted by molar-refractivity contribution is -0.115. The molecule has 0 bridgehead atoms. The molecule has 14 heavy (non-hydrogen) atoms. The number of Topliss-reactive ketones (excluding diaryl/α,β-unsaturated/α-hetero) is 1. The Balaban J connectivity index is 2.83. The minimum absolute atomic E-state index is 0.202. The van der Waals surface area contributed by atoms with E-state index in [1.165, 1.54) is 5.56 Å². The molecule has 2 heteroatoms. The summed E-state index contributed by atoms with van der Waals surface area (Å²) in [4.78, 5) is 13.1. The van der Waals surface area contributed by atoms with Gasteiger partial charge in [-0.05, 0) is 38.5 Å². The number of rotatable bonds is 4. The number of anilines is 1. The zero-order chi connectivity index (χ0) is 10.6. The highest BCUT2D eigenvalue weighted by Gasteiger charge is 2.05. The van der Waals surface area contributed by atoms with Crippen LogP contribution in [0, 0.1) is 6.92 Å². The van der Waals surface area contributed by atoms with E-state index >= 15 is 0 Å². The van der Waals surface area contributed by atoms with Crippen LogP contribution in [0.15, 0.2) is 24.3 Å². The molecule has 0 aliphatic rings. The fraction of sp³-hybridized carbons (Fsp3) is 0.417. The number of ketones is 1. The number of benzene rings is 1. The molecule has 76 valence electrons. The summed E-state index contributed by atoms with van der Waals surface area (Å²) in [7, 11) is 0. The van der Waals surface area contributed by atoms with Crippen LogP contribution in [0.5, 0.6) is 0 Å². The minimum atomic E-state index is 0.202. The summed E-state index contributed by atoms with van der Waals surface area (Å²) in [5.41, 5.74) is 2.35. The van der Waals surface area contributed by atoms with Gasteiger partial charge in [-0.3, -0.25) is 4.79 Å². The molecule has 1 aromatic carbocycles. The number of nitrogens with zero attached hydrogens (tertiary/aromatic N) is 1. The van der Waals surface area contributed by atoms with Crippen molar-refractivity contribution in [3.63, 3.8) is 0 Å². The van der Waals surface area contributed by atoms with Gasteiger partial charge < -0.3 is 4.90 Å². The fourth-order valence-electron chi connectivity index (χ4n) is 1.48. The molecule has 0 aliphatic heterocycles. The molecule has 0 aliphatic carbocycles. The number of carbonyl (C=O) groups is 1. The summed E-state index contributed by atoms with van der Waals surface area (Å²) in [6, 6.07) is 8.23. The zero-order valence-corrected chi connectivity index (χ0v) is 9.08. The average molecular weight is 191 g/mol. The van der Waals surface area contributed by atoms with Gasteiger partial charge in [0.05, 0.1) is 6.54 Å². The van der Waals surface area contributed by atoms with Gasteiger partial charge in [0, 0.05) is 12.2 Å². The van der Waals surface area contributed by atoms with Crippen LogP contribution < -0.4 is 4.90 Å². The molecular formula is C12H17NO. The summed E-state index contributed by atoms with van der Waals surface area (Å²) in [5.74, 6) is 0.202. The van der Waals surface area contributed by atoms with Gasteiger partial charge in [-0.25, -0.2) is 0 Å². The maximum Gasteiger partial charge on any atom is 0.149 e. The Bertz CT molecular complexity index is 320. The van der Waals surface area contributed by atoms with Crippen LogP contribution in [-0.4, -0.2) is 18.9 Å². The first-order valence-electron chi connectivity index (χ1n) is 4.94. The van der Waals surface area contributed by atoms with Crippen LogP contribution in [0.1, 0.15) is 19.4 Å². The molecule has 1 rings (SSSR count). The number of hydrogen-bond acceptors (Lipinski definition) is 2. The summed E-state index contributed by atoms with van der Waals surface area (Å²) in [6.45, 7) is 7.11. The highest BCUT2D eigenvalue weighted by atomic mass is 16.1. The van der Waals surface area contributed by atoms with Gasteiger partial charge in [-0.1, -0.05) is 12.1 Å². The van der Waals surface area contributed by atoms with Crippen LogP contribution in [-0.2, 0) is 4.79 Å². The third-order valence-corrected chi connectivity index (χ3v) is 2.16. The van der Waals surface area contributed by atoms with Gasteiger partial charge in [-0.15, -0.1) is 0 Å². The predicted octanol–water partition coefficient (Wildman–Crippen LogP) is 2.41. The Hall–Kier alpha value is -1.31. The van der Waals surface area contributed by atoms with Gasteiger partial charge in [0.15, 0.2) is 0 Å². The van der Waals surface area contributed by atoms with Crippen LogP contribution in [0.25, 0.3) is 0 Å². The molecule has 0 atom stereocenters. The van der Waals surface area contributed by atoms with Crippen molar-refractivity contribution in [3.8, 4) is 0 Å². The van der Waals surface area contributed by atoms with Gasteiger partial charge >= 0.3 is 0 Å². The van der Waals surface area contributed by atoms with Crippen LogP contribution in [0.2, 0.25) is 0 Å². The van der Waals surface area contributed by atoms with E-state index in [9.17, 15) is 4.79 Å². The Kier molecular flexibility index (Phi) is 3.69. The van der Waals surface area contributed by atoms with Crippen LogP contribution in [0.3, 0.4) is 0 Å². The van der Waals surface area contributed by atoms with Crippen molar-refractivity contribution in [1.82, 2.24) is 0 Å². The molecule has 0 fully saturated rings. The van der Waals surface area contributed by atoms with Crippen LogP contribution >= 0.6 is 0 Å². The van der Waals surface area contributed by atoms with Crippen molar-refractivity contribution in [2.24, 2.45) is 0 Å². The monoisotopic (exact) mass is 191 g/mol. The van der Waals surface area contributed by atoms with Gasteiger partial charge in [0.2, 0.25) is 0 Å². The van der Waals surface area contributed by atoms with Crippen molar-refractivity contribution in [1.29, 1.82) is 0 Å². The molecule has 0 radical (unpaired) electrons. The van der Waals surface area contributed by atoms with E-state index in [1.807, 2.05) is 12.1 Å². The smallest absolute Gasteiger partial charge is 0.149 e. The quantitative estimate of drug-likeness (QED) is 0.728. The number of carbonyl (C=O) groups excluding carboxylic acids is 1. The van der Waals surface area contributed by atoms with Crippen molar-refractivity contribution in [3.05, 3.63) is 29.8 Å². The van der Waals surface area contributed by atoms with E-state index in [-0.39, 0.29) is 5.78 Å². The van der Waals surface area contributed by atoms with Gasteiger partial charge in [0.1, 0.15) is 5.78 Å². The molecule has 0 aromatic heterocycles. The lowest BCUT2D eigenvalue weighted by Gasteiger charge is -2.21. The van der Waals surface area contributed by atoms with E-state index in [1.54, 1.807) is 6.92 Å².